The molecule has 0 aromatic heterocycles. The van der Waals surface area contributed by atoms with Crippen molar-refractivity contribution in [2.45, 2.75) is 32.6 Å². The van der Waals surface area contributed by atoms with Crippen LogP contribution in [0.5, 0.6) is 5.75 Å². The summed E-state index contributed by atoms with van der Waals surface area (Å²) in [7, 11) is 0. The number of carbonyl (C=O) groups excluding carboxylic acids is 1. The normalized spacial score (nSPS) is 12.1. The van der Waals surface area contributed by atoms with Crippen LogP contribution in [0, 0.1) is 11.3 Å². The first kappa shape index (κ1) is 14.3. The van der Waals surface area contributed by atoms with E-state index in [0.29, 0.717) is 17.7 Å². The standard InChI is InChI=1S/C19H19NO2/c1-2-3-4-5-19(21)22-18-12-10-17(11-13-18)16-8-6-15(14-20)7-9-16/h6-13H,2-5H2,1H3/i5D. The van der Waals surface area contributed by atoms with Gasteiger partial charge in [0.05, 0.1) is 11.6 Å². The maximum absolute atomic E-state index is 11.8. The smallest absolute Gasteiger partial charge is 0.311 e. The molecular formula is C19H19NO2. The number of rotatable bonds is 6. The Bertz CT molecular complexity index is 687. The molecule has 0 aliphatic heterocycles. The fourth-order valence-corrected chi connectivity index (χ4v) is 2.03. The van der Waals surface area contributed by atoms with Crippen molar-refractivity contribution in [2.24, 2.45) is 0 Å². The van der Waals surface area contributed by atoms with Crippen LogP contribution in [0.2, 0.25) is 0 Å². The maximum atomic E-state index is 11.8. The van der Waals surface area contributed by atoms with Crippen LogP contribution in [0.4, 0.5) is 0 Å². The predicted molar refractivity (Wildman–Crippen MR) is 86.4 cm³/mol. The van der Waals surface area contributed by atoms with E-state index < -0.39 is 12.4 Å². The van der Waals surface area contributed by atoms with E-state index in [1.807, 2.05) is 31.2 Å². The number of nitrogens with zero attached hydrogens (tertiary/aromatic N) is 1. The molecule has 22 heavy (non-hydrogen) atoms. The van der Waals surface area contributed by atoms with Crippen molar-refractivity contribution in [2.75, 3.05) is 0 Å². The van der Waals surface area contributed by atoms with Gasteiger partial charge in [0.2, 0.25) is 0 Å². The molecule has 0 saturated heterocycles. The average Bonchev–Trinajstić information content (AvgIpc) is 2.60. The highest BCUT2D eigenvalue weighted by Gasteiger charge is 2.05. The van der Waals surface area contributed by atoms with E-state index >= 15 is 0 Å². The van der Waals surface area contributed by atoms with Gasteiger partial charge in [-0.15, -0.1) is 0 Å². The number of carbonyl (C=O) groups is 1. The summed E-state index contributed by atoms with van der Waals surface area (Å²) in [6, 6.07) is 16.5. The highest BCUT2D eigenvalue weighted by atomic mass is 16.5. The monoisotopic (exact) mass is 294 g/mol. The van der Waals surface area contributed by atoms with Crippen LogP contribution in [-0.4, -0.2) is 5.97 Å². The van der Waals surface area contributed by atoms with Gasteiger partial charge in [-0.2, -0.15) is 5.26 Å². The van der Waals surface area contributed by atoms with Gasteiger partial charge in [0.15, 0.2) is 0 Å². The van der Waals surface area contributed by atoms with Gasteiger partial charge >= 0.3 is 5.97 Å². The van der Waals surface area contributed by atoms with Crippen molar-refractivity contribution in [1.29, 1.82) is 5.26 Å². The molecule has 0 spiro atoms. The lowest BCUT2D eigenvalue weighted by molar-refractivity contribution is -0.134. The van der Waals surface area contributed by atoms with E-state index in [1.54, 1.807) is 24.3 Å². The number of esters is 1. The van der Waals surface area contributed by atoms with Gasteiger partial charge in [0.25, 0.3) is 0 Å². The van der Waals surface area contributed by atoms with Gasteiger partial charge < -0.3 is 4.74 Å². The SMILES string of the molecule is [2H]C(CCCC)C(=O)Oc1ccc(-c2ccc(C#N)cc2)cc1. The zero-order valence-electron chi connectivity index (χ0n) is 13.6. The minimum Gasteiger partial charge on any atom is -0.427 e. The van der Waals surface area contributed by atoms with Crippen LogP contribution < -0.4 is 4.74 Å². The molecule has 0 aliphatic carbocycles. The van der Waals surface area contributed by atoms with Crippen LogP contribution >= 0.6 is 0 Å². The Labute approximate surface area is 132 Å². The molecule has 1 atom stereocenters. The zero-order chi connectivity index (χ0) is 16.7. The van der Waals surface area contributed by atoms with E-state index in [4.69, 9.17) is 11.4 Å². The summed E-state index contributed by atoms with van der Waals surface area (Å²) in [5, 5.41) is 8.80. The fourth-order valence-electron chi connectivity index (χ4n) is 2.03. The van der Waals surface area contributed by atoms with Crippen molar-refractivity contribution < 1.29 is 10.9 Å². The molecule has 0 N–H and O–H groups in total. The third-order valence-corrected chi connectivity index (χ3v) is 3.29. The van der Waals surface area contributed by atoms with Gasteiger partial charge in [-0.25, -0.2) is 0 Å². The third kappa shape index (κ3) is 4.46. The number of hydrogen-bond acceptors (Lipinski definition) is 3. The zero-order valence-corrected chi connectivity index (χ0v) is 12.6. The minimum atomic E-state index is -0.826. The molecule has 2 aromatic carbocycles. The highest BCUT2D eigenvalue weighted by molar-refractivity contribution is 5.73. The predicted octanol–water partition coefficient (Wildman–Crippen LogP) is 4.71. The van der Waals surface area contributed by atoms with Crippen molar-refractivity contribution in [3.05, 3.63) is 54.1 Å². The summed E-state index contributed by atoms with van der Waals surface area (Å²) < 4.78 is 13.0. The average molecular weight is 294 g/mol. The summed E-state index contributed by atoms with van der Waals surface area (Å²) in [4.78, 5) is 11.8. The molecule has 3 heteroatoms. The molecule has 0 saturated carbocycles. The largest absolute Gasteiger partial charge is 0.427 e. The van der Waals surface area contributed by atoms with E-state index in [1.165, 1.54) is 0 Å². The quantitative estimate of drug-likeness (QED) is 0.572. The molecule has 2 aromatic rings. The topological polar surface area (TPSA) is 50.1 Å². The van der Waals surface area contributed by atoms with Gasteiger partial charge in [-0.1, -0.05) is 44.0 Å². The van der Waals surface area contributed by atoms with E-state index in [-0.39, 0.29) is 0 Å². The molecule has 3 nitrogen and oxygen atoms in total. The molecule has 0 amide bonds. The second-order valence-corrected chi connectivity index (χ2v) is 4.98. The number of nitriles is 1. The Morgan fingerprint density at radius 3 is 2.23 bits per heavy atom. The van der Waals surface area contributed by atoms with Crippen LogP contribution in [0.25, 0.3) is 11.1 Å². The molecule has 0 fully saturated rings. The second kappa shape index (κ2) is 7.99. The van der Waals surface area contributed by atoms with Crippen LogP contribution in [0.15, 0.2) is 48.5 Å². The van der Waals surface area contributed by atoms with E-state index in [2.05, 4.69) is 6.07 Å². The summed E-state index contributed by atoms with van der Waals surface area (Å²) in [6.45, 7) is 2.03. The third-order valence-electron chi connectivity index (χ3n) is 3.29. The summed E-state index contributed by atoms with van der Waals surface area (Å²) >= 11 is 0. The molecule has 1 unspecified atom stereocenters. The highest BCUT2D eigenvalue weighted by Crippen LogP contribution is 2.23. The summed E-state index contributed by atoms with van der Waals surface area (Å²) in [5.74, 6) is -0.0642. The summed E-state index contributed by atoms with van der Waals surface area (Å²) in [6.07, 6.45) is 1.51. The molecule has 0 heterocycles. The molecular weight excluding hydrogens is 274 g/mol. The van der Waals surface area contributed by atoms with Crippen LogP contribution in [-0.2, 0) is 4.79 Å². The number of unbranched alkanes of at least 4 members (excludes halogenated alkanes) is 1. The van der Waals surface area contributed by atoms with Crippen LogP contribution in [0.1, 0.15) is 39.5 Å². The Kier molecular flexibility index (Phi) is 5.21. The molecule has 2 rings (SSSR count). The first-order chi connectivity index (χ1) is 11.1. The molecule has 112 valence electrons. The number of hydrogen-bond donors (Lipinski definition) is 0. The van der Waals surface area contributed by atoms with Crippen LogP contribution in [0.3, 0.4) is 0 Å². The second-order valence-electron chi connectivity index (χ2n) is 4.98. The lowest BCUT2D eigenvalue weighted by Gasteiger charge is -2.06. The fraction of sp³-hybridized carbons (Fsp3) is 0.263. The van der Waals surface area contributed by atoms with Gasteiger partial charge in [0.1, 0.15) is 5.75 Å². The van der Waals surface area contributed by atoms with E-state index in [9.17, 15) is 4.79 Å². The number of ether oxygens (including phenoxy) is 1. The summed E-state index contributed by atoms with van der Waals surface area (Å²) in [5.41, 5.74) is 2.58. The van der Waals surface area contributed by atoms with Crippen molar-refractivity contribution >= 4 is 5.97 Å². The molecule has 0 bridgehead atoms. The Morgan fingerprint density at radius 1 is 1.09 bits per heavy atom. The van der Waals surface area contributed by atoms with Gasteiger partial charge in [0, 0.05) is 7.77 Å². The minimum absolute atomic E-state index is 0.446. The maximum Gasteiger partial charge on any atom is 0.311 e. The van der Waals surface area contributed by atoms with Crippen molar-refractivity contribution in [1.82, 2.24) is 0 Å². The molecule has 0 radical (unpaired) electrons. The van der Waals surface area contributed by atoms with Gasteiger partial charge in [-0.3, -0.25) is 4.79 Å². The van der Waals surface area contributed by atoms with Crippen molar-refractivity contribution in [3.8, 4) is 22.9 Å². The Balaban J connectivity index is 2.01. The lowest BCUT2D eigenvalue weighted by atomic mass is 10.0. The number of benzene rings is 2. The molecule has 0 aliphatic rings. The van der Waals surface area contributed by atoms with Crippen molar-refractivity contribution in [3.63, 3.8) is 0 Å². The van der Waals surface area contributed by atoms with Gasteiger partial charge in [-0.05, 0) is 41.8 Å². The Morgan fingerprint density at radius 2 is 1.68 bits per heavy atom. The first-order valence-corrected chi connectivity index (χ1v) is 7.38. The lowest BCUT2D eigenvalue weighted by Crippen LogP contribution is -2.07. The first-order valence-electron chi connectivity index (χ1n) is 7.96. The Hall–Kier alpha value is -2.60. The van der Waals surface area contributed by atoms with E-state index in [0.717, 1.165) is 24.0 Å².